The molecule has 162 valence electrons. The Balaban J connectivity index is 1.56. The van der Waals surface area contributed by atoms with Gasteiger partial charge in [0.05, 0.1) is 29.1 Å². The Morgan fingerprint density at radius 1 is 1.23 bits per heavy atom. The smallest absolute Gasteiger partial charge is 0.338 e. The van der Waals surface area contributed by atoms with Crippen molar-refractivity contribution in [2.24, 2.45) is 0 Å². The summed E-state index contributed by atoms with van der Waals surface area (Å²) in [5, 5.41) is 1.43. The number of hydrogen-bond donors (Lipinski definition) is 0. The third-order valence-corrected chi connectivity index (χ3v) is 5.92. The molecule has 2 aromatic rings. The maximum Gasteiger partial charge on any atom is 0.338 e. The first kappa shape index (κ1) is 23.4. The Labute approximate surface area is 194 Å². The molecule has 1 heterocycles. The van der Waals surface area contributed by atoms with Gasteiger partial charge in [-0.1, -0.05) is 58.5 Å². The monoisotopic (exact) mass is 516 g/mol. The molecule has 0 radical (unpaired) electrons. The molecule has 0 N–H and O–H groups in total. The molecule has 3 rings (SSSR count). The normalized spacial score (nSPS) is 20.9. The predicted molar refractivity (Wildman–Crippen MR) is 120 cm³/mol. The lowest BCUT2D eigenvalue weighted by Gasteiger charge is -2.27. The Morgan fingerprint density at radius 2 is 2.00 bits per heavy atom. The number of benzene rings is 2. The van der Waals surface area contributed by atoms with Crippen LogP contribution in [0.1, 0.15) is 35.7 Å². The first-order valence-electron chi connectivity index (χ1n) is 9.70. The number of ether oxygens (including phenoxy) is 4. The first-order valence-corrected chi connectivity index (χ1v) is 11.6. The van der Waals surface area contributed by atoms with E-state index >= 15 is 0 Å². The minimum Gasteiger partial charge on any atom is -0.491 e. The number of alkyl halides is 1. The Kier molecular flexibility index (Phi) is 8.43. The van der Waals surface area contributed by atoms with E-state index in [0.717, 1.165) is 12.8 Å². The van der Waals surface area contributed by atoms with Crippen LogP contribution in [0.4, 0.5) is 0 Å². The first-order chi connectivity index (χ1) is 14.5. The topological polar surface area (TPSA) is 54.0 Å². The van der Waals surface area contributed by atoms with Gasteiger partial charge in [0.15, 0.2) is 0 Å². The van der Waals surface area contributed by atoms with Gasteiger partial charge in [0.25, 0.3) is 0 Å². The van der Waals surface area contributed by atoms with E-state index in [9.17, 15) is 4.79 Å². The fourth-order valence-electron chi connectivity index (χ4n) is 3.00. The zero-order valence-corrected chi connectivity index (χ0v) is 19.6. The van der Waals surface area contributed by atoms with Crippen molar-refractivity contribution in [3.05, 3.63) is 63.6 Å². The molecule has 30 heavy (non-hydrogen) atoms. The highest BCUT2D eigenvalue weighted by molar-refractivity contribution is 9.09. The van der Waals surface area contributed by atoms with Crippen molar-refractivity contribution in [1.82, 2.24) is 0 Å². The van der Waals surface area contributed by atoms with Gasteiger partial charge < -0.3 is 18.9 Å². The summed E-state index contributed by atoms with van der Waals surface area (Å²) in [5.74, 6) is -0.698. The molecule has 0 saturated carbocycles. The van der Waals surface area contributed by atoms with Crippen LogP contribution >= 0.6 is 39.1 Å². The van der Waals surface area contributed by atoms with Crippen LogP contribution in [-0.4, -0.2) is 37.2 Å². The summed E-state index contributed by atoms with van der Waals surface area (Å²) in [5.41, 5.74) is 1.20. The molecule has 0 bridgehead atoms. The molecule has 5 nitrogen and oxygen atoms in total. The molecule has 0 spiro atoms. The molecule has 1 aliphatic rings. The molecule has 1 saturated heterocycles. The van der Waals surface area contributed by atoms with E-state index in [4.69, 9.17) is 42.1 Å². The summed E-state index contributed by atoms with van der Waals surface area (Å²) >= 11 is 15.8. The second-order valence-electron chi connectivity index (χ2n) is 6.89. The van der Waals surface area contributed by atoms with Gasteiger partial charge in [-0.2, -0.15) is 0 Å². The van der Waals surface area contributed by atoms with Crippen molar-refractivity contribution in [2.75, 3.05) is 25.2 Å². The Bertz CT molecular complexity index is 861. The van der Waals surface area contributed by atoms with Gasteiger partial charge in [-0.15, -0.1) is 0 Å². The van der Waals surface area contributed by atoms with Crippen LogP contribution in [-0.2, 0) is 20.0 Å². The highest BCUT2D eigenvalue weighted by atomic mass is 79.9. The van der Waals surface area contributed by atoms with Gasteiger partial charge in [0.1, 0.15) is 18.5 Å². The zero-order chi connectivity index (χ0) is 21.6. The van der Waals surface area contributed by atoms with Crippen LogP contribution in [0.15, 0.2) is 42.5 Å². The van der Waals surface area contributed by atoms with Crippen molar-refractivity contribution in [3.8, 4) is 5.75 Å². The second-order valence-corrected chi connectivity index (χ2v) is 8.29. The molecule has 1 aliphatic heterocycles. The second kappa shape index (κ2) is 10.8. The number of unbranched alkanes of at least 4 members (excludes halogenated alkanes) is 1. The fraction of sp³-hybridized carbons (Fsp3) is 0.409. The molecule has 2 aromatic carbocycles. The van der Waals surface area contributed by atoms with Crippen LogP contribution in [0, 0.1) is 0 Å². The highest BCUT2D eigenvalue weighted by Crippen LogP contribution is 2.40. The van der Waals surface area contributed by atoms with Gasteiger partial charge in [-0.3, -0.25) is 0 Å². The Morgan fingerprint density at radius 3 is 2.67 bits per heavy atom. The van der Waals surface area contributed by atoms with E-state index in [0.29, 0.717) is 52.1 Å². The molecule has 2 unspecified atom stereocenters. The average Bonchev–Trinajstić information content (AvgIpc) is 3.17. The van der Waals surface area contributed by atoms with Gasteiger partial charge in [-0.25, -0.2) is 4.79 Å². The van der Waals surface area contributed by atoms with Gasteiger partial charge in [-0.05, 0) is 42.8 Å². The predicted octanol–water partition coefficient (Wildman–Crippen LogP) is 5.99. The van der Waals surface area contributed by atoms with E-state index in [2.05, 4.69) is 15.9 Å². The molecule has 2 atom stereocenters. The van der Waals surface area contributed by atoms with E-state index in [1.165, 1.54) is 0 Å². The van der Waals surface area contributed by atoms with E-state index in [-0.39, 0.29) is 12.1 Å². The zero-order valence-electron chi connectivity index (χ0n) is 16.5. The van der Waals surface area contributed by atoms with Crippen LogP contribution in [0.5, 0.6) is 5.75 Å². The molecular formula is C22H23BrCl2O5. The molecule has 0 amide bonds. The molecular weight excluding hydrogens is 495 g/mol. The summed E-state index contributed by atoms with van der Waals surface area (Å²) in [4.78, 5) is 12.0. The standard InChI is InChI=1S/C22H23BrCl2O5/c1-2-3-10-27-21(26)15-4-7-17(8-5-15)28-12-18-13-29-22(14-23,30-18)19-9-6-16(24)11-20(19)25/h4-9,11,18H,2-3,10,12-14H2,1H3. The van der Waals surface area contributed by atoms with Crippen LogP contribution in [0.3, 0.4) is 0 Å². The van der Waals surface area contributed by atoms with E-state index in [1.807, 2.05) is 6.92 Å². The summed E-state index contributed by atoms with van der Waals surface area (Å²) in [6.45, 7) is 3.12. The van der Waals surface area contributed by atoms with Crippen molar-refractivity contribution < 1.29 is 23.7 Å². The van der Waals surface area contributed by atoms with E-state index in [1.54, 1.807) is 42.5 Å². The summed E-state index contributed by atoms with van der Waals surface area (Å²) < 4.78 is 23.1. The van der Waals surface area contributed by atoms with Crippen molar-refractivity contribution >= 4 is 45.1 Å². The summed E-state index contributed by atoms with van der Waals surface area (Å²) in [6.07, 6.45) is 1.55. The molecule has 1 fully saturated rings. The number of halogens is 3. The minimum absolute atomic E-state index is 0.284. The maximum absolute atomic E-state index is 12.0. The lowest BCUT2D eigenvalue weighted by molar-refractivity contribution is -0.159. The molecule has 8 heteroatoms. The van der Waals surface area contributed by atoms with Crippen molar-refractivity contribution in [2.45, 2.75) is 31.7 Å². The number of carbonyl (C=O) groups is 1. The number of hydrogen-bond acceptors (Lipinski definition) is 5. The summed E-state index contributed by atoms with van der Waals surface area (Å²) in [7, 11) is 0. The quantitative estimate of drug-likeness (QED) is 0.232. The van der Waals surface area contributed by atoms with E-state index < -0.39 is 5.79 Å². The largest absolute Gasteiger partial charge is 0.491 e. The Hall–Kier alpha value is -1.31. The molecule has 0 aromatic heterocycles. The third kappa shape index (κ3) is 5.68. The highest BCUT2D eigenvalue weighted by Gasteiger charge is 2.44. The number of esters is 1. The van der Waals surface area contributed by atoms with Crippen LogP contribution in [0.25, 0.3) is 0 Å². The number of rotatable bonds is 9. The van der Waals surface area contributed by atoms with Crippen molar-refractivity contribution in [1.29, 1.82) is 0 Å². The minimum atomic E-state index is -0.998. The lowest BCUT2D eigenvalue weighted by Crippen LogP contribution is -2.31. The third-order valence-electron chi connectivity index (χ3n) is 4.63. The molecule has 0 aliphatic carbocycles. The summed E-state index contributed by atoms with van der Waals surface area (Å²) in [6, 6.07) is 12.1. The van der Waals surface area contributed by atoms with Crippen LogP contribution < -0.4 is 4.74 Å². The van der Waals surface area contributed by atoms with Gasteiger partial charge in [0.2, 0.25) is 5.79 Å². The lowest BCUT2D eigenvalue weighted by atomic mass is 10.1. The van der Waals surface area contributed by atoms with Crippen molar-refractivity contribution in [3.63, 3.8) is 0 Å². The van der Waals surface area contributed by atoms with Crippen LogP contribution in [0.2, 0.25) is 10.0 Å². The maximum atomic E-state index is 12.0. The van der Waals surface area contributed by atoms with Gasteiger partial charge in [0, 0.05) is 10.6 Å². The van der Waals surface area contributed by atoms with Gasteiger partial charge >= 0.3 is 5.97 Å². The SMILES string of the molecule is CCCCOC(=O)c1ccc(OCC2COC(CBr)(c3ccc(Cl)cc3Cl)O2)cc1. The fourth-order valence-corrected chi connectivity index (χ4v) is 4.15. The number of carbonyl (C=O) groups excluding carboxylic acids is 1. The average molecular weight is 518 g/mol.